The van der Waals surface area contributed by atoms with Crippen LogP contribution in [0.1, 0.15) is 62.4 Å². The molecule has 0 aromatic heterocycles. The normalized spacial score (nSPS) is 11.2. The van der Waals surface area contributed by atoms with Gasteiger partial charge in [-0.1, -0.05) is 24.3 Å². The molecule has 1 atom stereocenters. The first-order valence-corrected chi connectivity index (χ1v) is 12.6. The Bertz CT molecular complexity index is 1250. The molecule has 0 fully saturated rings. The largest absolute Gasteiger partial charge is 0.493 e. The van der Waals surface area contributed by atoms with Crippen LogP contribution in [0.25, 0.3) is 0 Å². The summed E-state index contributed by atoms with van der Waals surface area (Å²) >= 11 is 0. The minimum Gasteiger partial charge on any atom is -0.493 e. The third-order valence-corrected chi connectivity index (χ3v) is 7.36. The van der Waals surface area contributed by atoms with Gasteiger partial charge in [0.1, 0.15) is 17.1 Å². The van der Waals surface area contributed by atoms with Gasteiger partial charge in [0.25, 0.3) is 0 Å². The summed E-state index contributed by atoms with van der Waals surface area (Å²) in [5.74, 6) is 0.374. The molecule has 1 unspecified atom stereocenters. The first-order valence-electron chi connectivity index (χ1n) is 11.3. The lowest BCUT2D eigenvalue weighted by Crippen LogP contribution is -2.18. The third-order valence-electron chi connectivity index (χ3n) is 5.94. The summed E-state index contributed by atoms with van der Waals surface area (Å²) in [7, 11) is -2.54. The van der Waals surface area contributed by atoms with Gasteiger partial charge in [0.15, 0.2) is 7.80 Å². The molecule has 3 aromatic carbocycles. The van der Waals surface area contributed by atoms with Crippen molar-refractivity contribution in [1.29, 1.82) is 0 Å². The van der Waals surface area contributed by atoms with Crippen LogP contribution in [-0.4, -0.2) is 24.5 Å². The van der Waals surface area contributed by atoms with E-state index in [0.29, 0.717) is 30.3 Å². The highest BCUT2D eigenvalue weighted by Crippen LogP contribution is 2.36. The van der Waals surface area contributed by atoms with E-state index in [-0.39, 0.29) is 16.4 Å². The molecule has 5 nitrogen and oxygen atoms in total. The Hall–Kier alpha value is -3.30. The average Bonchev–Trinajstić information content (AvgIpc) is 2.82. The Labute approximate surface area is 201 Å². The van der Waals surface area contributed by atoms with Crippen molar-refractivity contribution in [3.05, 3.63) is 87.5 Å². The van der Waals surface area contributed by atoms with E-state index in [1.165, 1.54) is 0 Å². The summed E-state index contributed by atoms with van der Waals surface area (Å²) in [6.07, 6.45) is 0. The third kappa shape index (κ3) is 4.80. The topological polar surface area (TPSA) is 69.7 Å². The van der Waals surface area contributed by atoms with Gasteiger partial charge in [0.05, 0.1) is 18.5 Å². The molecule has 0 heterocycles. The van der Waals surface area contributed by atoms with E-state index in [1.54, 1.807) is 42.5 Å². The van der Waals surface area contributed by atoms with E-state index in [1.807, 2.05) is 47.6 Å². The Balaban J connectivity index is 2.13. The van der Waals surface area contributed by atoms with E-state index in [0.717, 1.165) is 22.3 Å². The van der Waals surface area contributed by atoms with E-state index >= 15 is 0 Å². The van der Waals surface area contributed by atoms with Gasteiger partial charge in [0, 0.05) is 11.1 Å². The van der Waals surface area contributed by atoms with Crippen molar-refractivity contribution < 1.29 is 23.6 Å². The Morgan fingerprint density at radius 2 is 1.35 bits per heavy atom. The Morgan fingerprint density at radius 3 is 1.94 bits per heavy atom. The highest BCUT2D eigenvalue weighted by molar-refractivity contribution is 7.71. The second-order valence-corrected chi connectivity index (χ2v) is 9.55. The lowest BCUT2D eigenvalue weighted by molar-refractivity contribution is 0.103. The van der Waals surface area contributed by atoms with Crippen molar-refractivity contribution in [2.24, 2.45) is 0 Å². The van der Waals surface area contributed by atoms with Crippen molar-refractivity contribution in [3.8, 4) is 11.5 Å². The standard InChI is InChI=1S/C28H30O5P/c1-7-32-22-13-11-14-23(33-8-2)26(22)27(29)21-12-9-10-15-24(21)34(31)28(30)25-18(4)16-17(3)19(5)20(25)6/h9-16H,7-8H2,1-6H3. The molecule has 3 rings (SSSR count). The summed E-state index contributed by atoms with van der Waals surface area (Å²) in [5, 5.41) is 0.207. The van der Waals surface area contributed by atoms with Crippen LogP contribution in [0.4, 0.5) is 0 Å². The molecule has 0 N–H and O–H groups in total. The maximum atomic E-state index is 13.8. The molecule has 0 saturated heterocycles. The van der Waals surface area contributed by atoms with Crippen LogP contribution in [-0.2, 0) is 4.57 Å². The maximum absolute atomic E-state index is 13.8. The molecule has 0 aliphatic heterocycles. The summed E-state index contributed by atoms with van der Waals surface area (Å²) in [6, 6.07) is 13.7. The second kappa shape index (κ2) is 10.8. The molecule has 1 radical (unpaired) electrons. The molecule has 0 aliphatic carbocycles. The molecule has 6 heteroatoms. The molecule has 0 amide bonds. The lowest BCUT2D eigenvalue weighted by atomic mass is 9.95. The molecular weight excluding hydrogens is 447 g/mol. The monoisotopic (exact) mass is 477 g/mol. The molecule has 3 aromatic rings. The minimum absolute atomic E-state index is 0.198. The minimum atomic E-state index is -2.54. The van der Waals surface area contributed by atoms with Gasteiger partial charge < -0.3 is 9.47 Å². The van der Waals surface area contributed by atoms with Crippen LogP contribution >= 0.6 is 7.80 Å². The number of hydrogen-bond acceptors (Lipinski definition) is 5. The molecule has 0 spiro atoms. The predicted molar refractivity (Wildman–Crippen MR) is 136 cm³/mol. The van der Waals surface area contributed by atoms with Crippen molar-refractivity contribution in [1.82, 2.24) is 0 Å². The average molecular weight is 478 g/mol. The summed E-state index contributed by atoms with van der Waals surface area (Å²) in [6.45, 7) is 12.1. The van der Waals surface area contributed by atoms with Gasteiger partial charge >= 0.3 is 0 Å². The number of ether oxygens (including phenoxy) is 2. The van der Waals surface area contributed by atoms with Gasteiger partial charge in [-0.15, -0.1) is 0 Å². The van der Waals surface area contributed by atoms with Crippen molar-refractivity contribution in [2.75, 3.05) is 13.2 Å². The van der Waals surface area contributed by atoms with Crippen LogP contribution in [0.3, 0.4) is 0 Å². The second-order valence-electron chi connectivity index (χ2n) is 8.08. The zero-order valence-corrected chi connectivity index (χ0v) is 21.4. The van der Waals surface area contributed by atoms with E-state index in [2.05, 4.69) is 0 Å². The van der Waals surface area contributed by atoms with Crippen molar-refractivity contribution in [2.45, 2.75) is 41.5 Å². The van der Waals surface area contributed by atoms with E-state index in [9.17, 15) is 14.2 Å². The fourth-order valence-electron chi connectivity index (χ4n) is 4.09. The molecule has 0 aliphatic rings. The highest BCUT2D eigenvalue weighted by atomic mass is 31.1. The number of hydrogen-bond donors (Lipinski definition) is 0. The van der Waals surface area contributed by atoms with Crippen LogP contribution in [0.5, 0.6) is 11.5 Å². The van der Waals surface area contributed by atoms with E-state index in [4.69, 9.17) is 9.47 Å². The number of carbonyl (C=O) groups excluding carboxylic acids is 2. The molecule has 0 saturated carbocycles. The molecule has 34 heavy (non-hydrogen) atoms. The van der Waals surface area contributed by atoms with Crippen LogP contribution in [0.15, 0.2) is 48.5 Å². The first-order chi connectivity index (χ1) is 16.2. The fraction of sp³-hybridized carbons (Fsp3) is 0.286. The van der Waals surface area contributed by atoms with E-state index < -0.39 is 19.1 Å². The number of carbonyl (C=O) groups is 2. The molecule has 177 valence electrons. The highest BCUT2D eigenvalue weighted by Gasteiger charge is 2.29. The van der Waals surface area contributed by atoms with Crippen LogP contribution in [0.2, 0.25) is 0 Å². The zero-order chi connectivity index (χ0) is 25.0. The summed E-state index contributed by atoms with van der Waals surface area (Å²) in [5.41, 5.74) is 4.10. The molecule has 0 bridgehead atoms. The van der Waals surface area contributed by atoms with Crippen molar-refractivity contribution >= 4 is 24.4 Å². The fourth-order valence-corrected chi connectivity index (χ4v) is 5.47. The Morgan fingerprint density at radius 1 is 0.765 bits per heavy atom. The smallest absolute Gasteiger partial charge is 0.247 e. The van der Waals surface area contributed by atoms with Gasteiger partial charge in [-0.05, 0) is 88.1 Å². The van der Waals surface area contributed by atoms with Crippen molar-refractivity contribution in [3.63, 3.8) is 0 Å². The van der Waals surface area contributed by atoms with Gasteiger partial charge in [-0.2, -0.15) is 0 Å². The SMILES string of the molecule is CCOc1cccc(OCC)c1C(=O)c1ccccc1[P](=O)C(=O)c1c(C)cc(C)c(C)c1C. The molecular formula is C28H30O5P. The number of ketones is 1. The first kappa shape index (κ1) is 25.3. The Kier molecular flexibility index (Phi) is 8.01. The summed E-state index contributed by atoms with van der Waals surface area (Å²) in [4.78, 5) is 27.2. The number of benzene rings is 3. The van der Waals surface area contributed by atoms with Gasteiger partial charge in [-0.25, -0.2) is 0 Å². The maximum Gasteiger partial charge on any atom is 0.247 e. The van der Waals surface area contributed by atoms with Gasteiger partial charge in [-0.3, -0.25) is 14.2 Å². The quantitative estimate of drug-likeness (QED) is 0.269. The van der Waals surface area contributed by atoms with Gasteiger partial charge in [0.2, 0.25) is 11.3 Å². The predicted octanol–water partition coefficient (Wildman–Crippen LogP) is 6.24. The lowest BCUT2D eigenvalue weighted by Gasteiger charge is -2.16. The number of aryl methyl sites for hydroxylation is 2. The summed E-state index contributed by atoms with van der Waals surface area (Å²) < 4.78 is 25.0. The van der Waals surface area contributed by atoms with Crippen LogP contribution < -0.4 is 14.8 Å². The number of rotatable bonds is 9. The van der Waals surface area contributed by atoms with Crippen LogP contribution in [0, 0.1) is 27.7 Å². The zero-order valence-electron chi connectivity index (χ0n) is 20.5.